The SMILES string of the molecule is CC(=N)C(CC(C)C)NC(=O)C(CC(C)C)N=C(C)C(CCCCN)NC(=O)C(C)NC(=O)C1CSC2(CCNC(=O)C(CCCCN)NC(=O)C(Cc3ccc(C)cc3)NC(=O)C(N)CC(C)C)SCCN12. The first-order valence-electron chi connectivity index (χ1n) is 26.6. The lowest BCUT2D eigenvalue weighted by Gasteiger charge is -2.33. The van der Waals surface area contributed by atoms with E-state index >= 15 is 0 Å². The molecule has 73 heavy (non-hydrogen) atoms. The van der Waals surface area contributed by atoms with Crippen molar-refractivity contribution in [3.8, 4) is 0 Å². The lowest BCUT2D eigenvalue weighted by Crippen LogP contribution is -2.57. The molecule has 2 heterocycles. The lowest BCUT2D eigenvalue weighted by atomic mass is 9.98. The van der Waals surface area contributed by atoms with Crippen molar-refractivity contribution in [3.05, 3.63) is 35.4 Å². The van der Waals surface area contributed by atoms with E-state index < -0.39 is 64.4 Å². The van der Waals surface area contributed by atoms with E-state index in [-0.39, 0.29) is 54.3 Å². The molecule has 2 aliphatic rings. The first-order valence-corrected chi connectivity index (χ1v) is 28.6. The van der Waals surface area contributed by atoms with Crippen LogP contribution in [0.4, 0.5) is 0 Å². The predicted octanol–water partition coefficient (Wildman–Crippen LogP) is 3.90. The third kappa shape index (κ3) is 21.2. The molecule has 2 fully saturated rings. The van der Waals surface area contributed by atoms with Gasteiger partial charge in [-0.1, -0.05) is 71.4 Å². The van der Waals surface area contributed by atoms with Gasteiger partial charge in [0.25, 0.3) is 0 Å². The second-order valence-electron chi connectivity index (χ2n) is 21.3. The summed E-state index contributed by atoms with van der Waals surface area (Å²) >= 11 is 3.39. The van der Waals surface area contributed by atoms with Crippen molar-refractivity contribution < 1.29 is 28.8 Å². The number of amides is 6. The quantitative estimate of drug-likeness (QED) is 0.0355. The smallest absolute Gasteiger partial charge is 0.245 e. The number of hydrogen-bond donors (Lipinski definition) is 10. The highest BCUT2D eigenvalue weighted by Crippen LogP contribution is 2.53. The Balaban J connectivity index is 1.69. The van der Waals surface area contributed by atoms with Crippen LogP contribution in [0, 0.1) is 30.1 Å². The van der Waals surface area contributed by atoms with Crippen LogP contribution >= 0.6 is 23.5 Å². The van der Waals surface area contributed by atoms with Crippen molar-refractivity contribution >= 4 is 70.4 Å². The number of rotatable bonds is 33. The summed E-state index contributed by atoms with van der Waals surface area (Å²) in [5.74, 6) is -0.236. The summed E-state index contributed by atoms with van der Waals surface area (Å²) in [6.07, 6.45) is 5.96. The molecule has 2 saturated heterocycles. The van der Waals surface area contributed by atoms with Crippen molar-refractivity contribution in [2.45, 2.75) is 192 Å². The van der Waals surface area contributed by atoms with Gasteiger partial charge in [-0.25, -0.2) is 0 Å². The zero-order chi connectivity index (χ0) is 54.4. The number of thioether (sulfide) groups is 2. The van der Waals surface area contributed by atoms with E-state index in [1.165, 1.54) is 0 Å². The number of hydrogen-bond acceptors (Lipinski definition) is 14. The van der Waals surface area contributed by atoms with Gasteiger partial charge in [0, 0.05) is 48.9 Å². The highest BCUT2D eigenvalue weighted by atomic mass is 32.2. The molecule has 412 valence electrons. The fourth-order valence-corrected chi connectivity index (χ4v) is 12.5. The zero-order valence-corrected chi connectivity index (χ0v) is 47.2. The van der Waals surface area contributed by atoms with Crippen molar-refractivity contribution in [1.82, 2.24) is 36.8 Å². The number of aryl methyl sites for hydroxylation is 1. The number of benzene rings is 1. The van der Waals surface area contributed by atoms with Crippen LogP contribution in [-0.4, -0.2) is 142 Å². The fraction of sp³-hybridized carbons (Fsp3) is 0.736. The molecular weight excluding hydrogens is 965 g/mol. The number of nitrogens with zero attached hydrogens (tertiary/aromatic N) is 2. The van der Waals surface area contributed by atoms with Crippen LogP contribution in [0.5, 0.6) is 0 Å². The fourth-order valence-electron chi connectivity index (χ4n) is 9.08. The first-order chi connectivity index (χ1) is 34.5. The Morgan fingerprint density at radius 2 is 1.29 bits per heavy atom. The summed E-state index contributed by atoms with van der Waals surface area (Å²) in [5, 5.41) is 26.3. The largest absolute Gasteiger partial charge is 0.354 e. The standard InChI is InChI=1S/C53H92N12O6S2/c1-32(2)27-40(57)48(67)64-45(30-39-19-17-35(7)18-20-39)51(70)62-42(16-12-14-23-55)49(68)58-24-21-53-65(25-26-72-53)46(31-73-53)52(71)60-38(10)47(66)61-41(15-11-13-22-54)37(9)59-44(29-34(5)6)50(69)63-43(36(8)56)28-33(3)4/h17-20,32-34,38,40-46,56H,11-16,21-31,54-55,57H2,1-10H3,(H,58,68)(H,60,71)(H,61,66)(H,62,70)(H,63,69)(H,64,67). The third-order valence-corrected chi connectivity index (χ3v) is 16.6. The minimum atomic E-state index is -0.966. The van der Waals surface area contributed by atoms with Crippen molar-refractivity contribution in [2.75, 3.05) is 37.7 Å². The zero-order valence-electron chi connectivity index (χ0n) is 45.6. The summed E-state index contributed by atoms with van der Waals surface area (Å²) in [4.78, 5) is 89.8. The van der Waals surface area contributed by atoms with E-state index in [1.807, 2.05) is 65.8 Å². The van der Waals surface area contributed by atoms with Gasteiger partial charge in [0.2, 0.25) is 35.4 Å². The molecule has 3 rings (SSSR count). The van der Waals surface area contributed by atoms with Crippen LogP contribution in [0.1, 0.15) is 138 Å². The number of carbonyl (C=O) groups excluding carboxylic acids is 6. The molecule has 20 heteroatoms. The van der Waals surface area contributed by atoms with E-state index in [0.29, 0.717) is 88.2 Å². The molecule has 6 amide bonds. The third-order valence-electron chi connectivity index (χ3n) is 13.2. The normalized spacial score (nSPS) is 19.8. The van der Waals surface area contributed by atoms with Gasteiger partial charge in [0.15, 0.2) is 0 Å². The highest BCUT2D eigenvalue weighted by Gasteiger charge is 2.53. The second-order valence-corrected chi connectivity index (χ2v) is 24.2. The Hall–Kier alpha value is -4.08. The number of fused-ring (bicyclic) bond motifs is 1. The number of nitrogens with one attached hydrogen (secondary N) is 7. The summed E-state index contributed by atoms with van der Waals surface area (Å²) in [6, 6.07) is 2.11. The first kappa shape index (κ1) is 63.2. The maximum Gasteiger partial charge on any atom is 0.245 e. The Kier molecular flexibility index (Phi) is 27.5. The predicted molar refractivity (Wildman–Crippen MR) is 298 cm³/mol. The average Bonchev–Trinajstić information content (AvgIpc) is 3.89. The highest BCUT2D eigenvalue weighted by molar-refractivity contribution is 8.18. The summed E-state index contributed by atoms with van der Waals surface area (Å²) in [7, 11) is 0. The minimum absolute atomic E-state index is 0.164. The summed E-state index contributed by atoms with van der Waals surface area (Å²) in [6.45, 7) is 21.1. The molecule has 0 spiro atoms. The van der Waals surface area contributed by atoms with Crippen LogP contribution in [0.15, 0.2) is 29.3 Å². The van der Waals surface area contributed by atoms with Crippen LogP contribution in [0.2, 0.25) is 0 Å². The number of unbranched alkanes of at least 4 members (excludes halogenated alkanes) is 2. The second kappa shape index (κ2) is 31.7. The number of carbonyl (C=O) groups is 6. The van der Waals surface area contributed by atoms with Gasteiger partial charge in [0.05, 0.1) is 18.1 Å². The molecule has 0 bridgehead atoms. The van der Waals surface area contributed by atoms with E-state index in [9.17, 15) is 28.8 Å². The molecule has 0 aliphatic carbocycles. The minimum Gasteiger partial charge on any atom is -0.354 e. The van der Waals surface area contributed by atoms with Gasteiger partial charge in [-0.2, -0.15) is 0 Å². The van der Waals surface area contributed by atoms with Crippen LogP contribution < -0.4 is 49.1 Å². The van der Waals surface area contributed by atoms with Crippen molar-refractivity contribution in [1.29, 1.82) is 5.41 Å². The molecular formula is C53H92N12O6S2. The lowest BCUT2D eigenvalue weighted by molar-refractivity contribution is -0.132. The van der Waals surface area contributed by atoms with Crippen LogP contribution in [-0.2, 0) is 35.2 Å². The van der Waals surface area contributed by atoms with Gasteiger partial charge in [-0.3, -0.25) is 38.7 Å². The molecule has 1 aromatic carbocycles. The molecule has 9 unspecified atom stereocenters. The van der Waals surface area contributed by atoms with E-state index in [1.54, 1.807) is 37.4 Å². The number of aliphatic imine (C=N–C) groups is 1. The Morgan fingerprint density at radius 3 is 1.88 bits per heavy atom. The molecule has 0 saturated carbocycles. The van der Waals surface area contributed by atoms with Gasteiger partial charge < -0.3 is 54.5 Å². The Bertz CT molecular complexity index is 1990. The Labute approximate surface area is 444 Å². The Morgan fingerprint density at radius 1 is 0.712 bits per heavy atom. The molecule has 0 radical (unpaired) electrons. The summed E-state index contributed by atoms with van der Waals surface area (Å²) in [5.41, 5.74) is 20.8. The maximum absolute atomic E-state index is 14.0. The van der Waals surface area contributed by atoms with Crippen LogP contribution in [0.25, 0.3) is 0 Å². The average molecular weight is 1060 g/mol. The van der Waals surface area contributed by atoms with Crippen LogP contribution in [0.3, 0.4) is 0 Å². The number of nitrogens with two attached hydrogens (primary N) is 3. The van der Waals surface area contributed by atoms with E-state index in [2.05, 4.69) is 50.6 Å². The molecule has 18 nitrogen and oxygen atoms in total. The topological polar surface area (TPSA) is 292 Å². The molecule has 13 N–H and O–H groups in total. The molecule has 9 atom stereocenters. The van der Waals surface area contributed by atoms with Gasteiger partial charge >= 0.3 is 0 Å². The molecule has 1 aromatic rings. The molecule has 2 aliphatic heterocycles. The monoisotopic (exact) mass is 1060 g/mol. The van der Waals surface area contributed by atoms with E-state index in [4.69, 9.17) is 27.6 Å². The van der Waals surface area contributed by atoms with Gasteiger partial charge in [-0.05, 0) is 122 Å². The van der Waals surface area contributed by atoms with Crippen molar-refractivity contribution in [3.63, 3.8) is 0 Å². The van der Waals surface area contributed by atoms with Crippen molar-refractivity contribution in [2.24, 2.45) is 39.9 Å². The van der Waals surface area contributed by atoms with Gasteiger partial charge in [-0.15, -0.1) is 23.5 Å². The molecule has 0 aromatic heterocycles. The maximum atomic E-state index is 14.0. The summed E-state index contributed by atoms with van der Waals surface area (Å²) < 4.78 is -0.482. The van der Waals surface area contributed by atoms with E-state index in [0.717, 1.165) is 29.7 Å². The van der Waals surface area contributed by atoms with Gasteiger partial charge in [0.1, 0.15) is 34.4 Å².